The van der Waals surface area contributed by atoms with Crippen LogP contribution in [0.15, 0.2) is 4.99 Å². The molecule has 0 rings (SSSR count). The molecule has 0 atom stereocenters. The van der Waals surface area contributed by atoms with E-state index in [0.717, 1.165) is 13.0 Å². The van der Waals surface area contributed by atoms with Crippen LogP contribution in [0.2, 0.25) is 0 Å². The number of aliphatic imine (C=N–C) groups is 1. The van der Waals surface area contributed by atoms with Gasteiger partial charge >= 0.3 is 0 Å². The predicted octanol–water partition coefficient (Wildman–Crippen LogP) is 0.852. The Hall–Kier alpha value is -1.26. The largest absolute Gasteiger partial charge is 0.370 e. The first-order chi connectivity index (χ1) is 7.91. The maximum absolute atomic E-state index is 11.3. The first-order valence-electron chi connectivity index (χ1n) is 6.25. The normalized spacial score (nSPS) is 12.0. The highest BCUT2D eigenvalue weighted by Crippen LogP contribution is 1.97. The number of amides is 1. The van der Waals surface area contributed by atoms with Gasteiger partial charge in [-0.1, -0.05) is 13.8 Å². The minimum absolute atomic E-state index is 0.0301. The summed E-state index contributed by atoms with van der Waals surface area (Å²) < 4.78 is 0. The van der Waals surface area contributed by atoms with Crippen LogP contribution in [0.5, 0.6) is 0 Å². The van der Waals surface area contributed by atoms with Gasteiger partial charge in [-0.2, -0.15) is 0 Å². The third-order valence-corrected chi connectivity index (χ3v) is 2.10. The van der Waals surface area contributed by atoms with Crippen molar-refractivity contribution in [2.75, 3.05) is 13.1 Å². The summed E-state index contributed by atoms with van der Waals surface area (Å²) in [6, 6.07) is 0.180. The molecule has 0 aliphatic rings. The van der Waals surface area contributed by atoms with Gasteiger partial charge in [-0.05, 0) is 26.2 Å². The van der Waals surface area contributed by atoms with Gasteiger partial charge in [0.1, 0.15) is 0 Å². The van der Waals surface area contributed by atoms with Crippen molar-refractivity contribution in [3.8, 4) is 0 Å². The maximum Gasteiger partial charge on any atom is 0.221 e. The Balaban J connectivity index is 3.63. The van der Waals surface area contributed by atoms with E-state index in [1.54, 1.807) is 0 Å². The predicted molar refractivity (Wildman–Crippen MR) is 71.8 cm³/mol. The molecule has 1 amide bonds. The SMILES string of the molecule is CC(C)CCN=C(N)NCCC(=O)NC(C)C. The Morgan fingerprint density at radius 2 is 1.94 bits per heavy atom. The molecular weight excluding hydrogens is 216 g/mol. The Kier molecular flexibility index (Phi) is 8.19. The van der Waals surface area contributed by atoms with Crippen LogP contribution in [0, 0.1) is 5.92 Å². The number of nitrogens with one attached hydrogen (secondary N) is 2. The summed E-state index contributed by atoms with van der Waals surface area (Å²) in [7, 11) is 0. The van der Waals surface area contributed by atoms with Gasteiger partial charge in [0.2, 0.25) is 5.91 Å². The van der Waals surface area contributed by atoms with Crippen molar-refractivity contribution in [2.45, 2.75) is 46.6 Å². The second-order valence-electron chi connectivity index (χ2n) is 4.85. The number of carbonyl (C=O) groups excluding carboxylic acids is 1. The molecule has 0 heterocycles. The molecule has 0 aliphatic carbocycles. The lowest BCUT2D eigenvalue weighted by atomic mass is 10.1. The van der Waals surface area contributed by atoms with Crippen LogP contribution in [0.1, 0.15) is 40.5 Å². The Morgan fingerprint density at radius 3 is 2.47 bits per heavy atom. The fourth-order valence-corrected chi connectivity index (χ4v) is 1.20. The van der Waals surface area contributed by atoms with E-state index in [9.17, 15) is 4.79 Å². The molecule has 0 radical (unpaired) electrons. The van der Waals surface area contributed by atoms with Gasteiger partial charge in [-0.15, -0.1) is 0 Å². The lowest BCUT2D eigenvalue weighted by Crippen LogP contribution is -2.37. The highest BCUT2D eigenvalue weighted by Gasteiger charge is 2.02. The van der Waals surface area contributed by atoms with Gasteiger partial charge in [-0.25, -0.2) is 0 Å². The molecule has 0 spiro atoms. The van der Waals surface area contributed by atoms with E-state index >= 15 is 0 Å². The van der Waals surface area contributed by atoms with Gasteiger partial charge in [-0.3, -0.25) is 9.79 Å². The molecule has 100 valence electrons. The number of nitrogens with zero attached hydrogens (tertiary/aromatic N) is 1. The zero-order valence-electron chi connectivity index (χ0n) is 11.4. The van der Waals surface area contributed by atoms with Gasteiger partial charge in [0.15, 0.2) is 5.96 Å². The number of rotatable bonds is 7. The third kappa shape index (κ3) is 11.0. The highest BCUT2D eigenvalue weighted by molar-refractivity contribution is 5.80. The van der Waals surface area contributed by atoms with Crippen molar-refractivity contribution in [1.29, 1.82) is 0 Å². The summed E-state index contributed by atoms with van der Waals surface area (Å²) in [6.45, 7) is 9.43. The Bertz CT molecular complexity index is 249. The molecule has 5 nitrogen and oxygen atoms in total. The number of guanidine groups is 1. The first-order valence-corrected chi connectivity index (χ1v) is 6.25. The van der Waals surface area contributed by atoms with Crippen LogP contribution in [-0.2, 0) is 4.79 Å². The monoisotopic (exact) mass is 242 g/mol. The van der Waals surface area contributed by atoms with E-state index in [4.69, 9.17) is 5.73 Å². The standard InChI is InChI=1S/C12H26N4O/c1-9(2)5-7-14-12(13)15-8-6-11(17)16-10(3)4/h9-10H,5-8H2,1-4H3,(H,16,17)(H3,13,14,15). The molecule has 0 fully saturated rings. The van der Waals surface area contributed by atoms with E-state index < -0.39 is 0 Å². The summed E-state index contributed by atoms with van der Waals surface area (Å²) in [5, 5.41) is 5.74. The highest BCUT2D eigenvalue weighted by atomic mass is 16.1. The van der Waals surface area contributed by atoms with Crippen LogP contribution in [0.25, 0.3) is 0 Å². The van der Waals surface area contributed by atoms with Crippen LogP contribution in [0.3, 0.4) is 0 Å². The smallest absolute Gasteiger partial charge is 0.221 e. The van der Waals surface area contributed by atoms with Crippen molar-refractivity contribution in [2.24, 2.45) is 16.6 Å². The molecule has 0 aromatic carbocycles. The van der Waals surface area contributed by atoms with Crippen molar-refractivity contribution < 1.29 is 4.79 Å². The number of carbonyl (C=O) groups is 1. The van der Waals surface area contributed by atoms with Crippen molar-refractivity contribution >= 4 is 11.9 Å². The molecule has 0 aromatic heterocycles. The fraction of sp³-hybridized carbons (Fsp3) is 0.833. The van der Waals surface area contributed by atoms with Crippen LogP contribution < -0.4 is 16.4 Å². The Morgan fingerprint density at radius 1 is 1.29 bits per heavy atom. The lowest BCUT2D eigenvalue weighted by Gasteiger charge is -2.09. The molecular formula is C12H26N4O. The summed E-state index contributed by atoms with van der Waals surface area (Å²) in [5.74, 6) is 1.08. The van der Waals surface area contributed by atoms with E-state index in [-0.39, 0.29) is 11.9 Å². The molecule has 5 heteroatoms. The Labute approximate surface area is 104 Å². The molecule has 17 heavy (non-hydrogen) atoms. The summed E-state index contributed by atoms with van der Waals surface area (Å²) in [6.07, 6.45) is 1.44. The van der Waals surface area contributed by atoms with E-state index in [1.165, 1.54) is 0 Å². The van der Waals surface area contributed by atoms with Crippen LogP contribution >= 0.6 is 0 Å². The van der Waals surface area contributed by atoms with Crippen LogP contribution in [0.4, 0.5) is 0 Å². The molecule has 0 saturated heterocycles. The third-order valence-electron chi connectivity index (χ3n) is 2.10. The van der Waals surface area contributed by atoms with E-state index in [1.807, 2.05) is 13.8 Å². The number of hydrogen-bond donors (Lipinski definition) is 3. The average Bonchev–Trinajstić information content (AvgIpc) is 2.15. The summed E-state index contributed by atoms with van der Waals surface area (Å²) in [5.41, 5.74) is 5.65. The second kappa shape index (κ2) is 8.84. The summed E-state index contributed by atoms with van der Waals surface area (Å²) in [4.78, 5) is 15.5. The van der Waals surface area contributed by atoms with Gasteiger partial charge in [0.25, 0.3) is 0 Å². The molecule has 0 aliphatic heterocycles. The minimum Gasteiger partial charge on any atom is -0.370 e. The van der Waals surface area contributed by atoms with Gasteiger partial charge < -0.3 is 16.4 Å². The first kappa shape index (κ1) is 15.7. The maximum atomic E-state index is 11.3. The minimum atomic E-state index is 0.0301. The van der Waals surface area contributed by atoms with Crippen molar-refractivity contribution in [1.82, 2.24) is 10.6 Å². The number of hydrogen-bond acceptors (Lipinski definition) is 2. The van der Waals surface area contributed by atoms with E-state index in [0.29, 0.717) is 24.8 Å². The molecule has 4 N–H and O–H groups in total. The molecule has 0 aromatic rings. The zero-order valence-corrected chi connectivity index (χ0v) is 11.4. The van der Waals surface area contributed by atoms with Gasteiger partial charge in [0, 0.05) is 25.6 Å². The summed E-state index contributed by atoms with van der Waals surface area (Å²) >= 11 is 0. The number of nitrogens with two attached hydrogens (primary N) is 1. The van der Waals surface area contributed by atoms with Crippen molar-refractivity contribution in [3.05, 3.63) is 0 Å². The topological polar surface area (TPSA) is 79.5 Å². The molecule has 0 bridgehead atoms. The lowest BCUT2D eigenvalue weighted by molar-refractivity contribution is -0.121. The van der Waals surface area contributed by atoms with Crippen LogP contribution in [-0.4, -0.2) is 31.0 Å². The van der Waals surface area contributed by atoms with Crippen molar-refractivity contribution in [3.63, 3.8) is 0 Å². The zero-order chi connectivity index (χ0) is 13.3. The molecule has 0 saturated carbocycles. The van der Waals surface area contributed by atoms with Gasteiger partial charge in [0.05, 0.1) is 0 Å². The quantitative estimate of drug-likeness (QED) is 0.457. The second-order valence-corrected chi connectivity index (χ2v) is 4.85. The fourth-order valence-electron chi connectivity index (χ4n) is 1.20. The average molecular weight is 242 g/mol. The van der Waals surface area contributed by atoms with E-state index in [2.05, 4.69) is 29.5 Å². The molecule has 0 unspecified atom stereocenters.